The number of nitrogens with one attached hydrogen (secondary N) is 1. The molecule has 9 heteroatoms. The Bertz CT molecular complexity index is 1340. The predicted molar refractivity (Wildman–Crippen MR) is 158 cm³/mol. The quantitative estimate of drug-likeness (QED) is 0.280. The maximum absolute atomic E-state index is 14.0. The summed E-state index contributed by atoms with van der Waals surface area (Å²) >= 11 is 0. The number of benzene rings is 3. The maximum Gasteiger partial charge on any atom is 0.264 e. The number of sulfonamides is 1. The number of anilines is 1. The first-order chi connectivity index (χ1) is 19.2. The minimum Gasteiger partial charge on any atom is -0.497 e. The molecule has 1 atom stereocenters. The summed E-state index contributed by atoms with van der Waals surface area (Å²) in [5.41, 5.74) is 2.07. The summed E-state index contributed by atoms with van der Waals surface area (Å²) in [5.74, 6) is -0.172. The highest BCUT2D eigenvalue weighted by atomic mass is 32.2. The molecule has 0 saturated heterocycles. The Balaban J connectivity index is 2.02. The van der Waals surface area contributed by atoms with Gasteiger partial charge in [-0.2, -0.15) is 0 Å². The van der Waals surface area contributed by atoms with E-state index in [0.717, 1.165) is 28.3 Å². The SMILES string of the molecule is CCCCNC(=O)C(CC)N(Cc1ccccc1)C(=O)CN(c1ccc(OC)cc1)S(=O)(=O)c1ccc(C)cc1. The zero-order valence-corrected chi connectivity index (χ0v) is 24.5. The molecule has 214 valence electrons. The molecule has 3 aromatic rings. The number of hydrogen-bond acceptors (Lipinski definition) is 5. The van der Waals surface area contributed by atoms with Crippen molar-refractivity contribution >= 4 is 27.5 Å². The molecule has 0 aliphatic carbocycles. The molecular formula is C31H39N3O5S. The van der Waals surface area contributed by atoms with Crippen molar-refractivity contribution in [1.29, 1.82) is 0 Å². The predicted octanol–water partition coefficient (Wildman–Crippen LogP) is 4.92. The summed E-state index contributed by atoms with van der Waals surface area (Å²) in [6, 6.07) is 21.6. The third kappa shape index (κ3) is 7.85. The van der Waals surface area contributed by atoms with E-state index in [1.165, 1.54) is 24.1 Å². The topological polar surface area (TPSA) is 96.0 Å². The van der Waals surface area contributed by atoms with E-state index < -0.39 is 28.5 Å². The smallest absolute Gasteiger partial charge is 0.264 e. The lowest BCUT2D eigenvalue weighted by Crippen LogP contribution is -2.52. The maximum atomic E-state index is 14.0. The van der Waals surface area contributed by atoms with E-state index in [-0.39, 0.29) is 17.3 Å². The normalized spacial score (nSPS) is 11.9. The third-order valence-corrected chi connectivity index (χ3v) is 8.45. The standard InChI is InChI=1S/C31H39N3O5S/c1-5-7-21-32-31(36)29(6-2)33(22-25-11-9-8-10-12-25)30(35)23-34(26-15-17-27(39-4)18-16-26)40(37,38)28-19-13-24(3)14-20-28/h8-20,29H,5-7,21-23H2,1-4H3,(H,32,36). The first-order valence-electron chi connectivity index (χ1n) is 13.6. The molecule has 0 bridgehead atoms. The van der Waals surface area contributed by atoms with Crippen LogP contribution in [0.5, 0.6) is 5.75 Å². The van der Waals surface area contributed by atoms with Gasteiger partial charge in [0.25, 0.3) is 10.0 Å². The van der Waals surface area contributed by atoms with Gasteiger partial charge in [-0.1, -0.05) is 68.3 Å². The Morgan fingerprint density at radius 2 is 1.57 bits per heavy atom. The van der Waals surface area contributed by atoms with Gasteiger partial charge in [0.15, 0.2) is 0 Å². The van der Waals surface area contributed by atoms with Gasteiger partial charge < -0.3 is 15.0 Å². The largest absolute Gasteiger partial charge is 0.497 e. The summed E-state index contributed by atoms with van der Waals surface area (Å²) in [6.07, 6.45) is 2.13. The van der Waals surface area contributed by atoms with Gasteiger partial charge in [-0.25, -0.2) is 8.42 Å². The van der Waals surface area contributed by atoms with Crippen LogP contribution in [0.4, 0.5) is 5.69 Å². The number of nitrogens with zero attached hydrogens (tertiary/aromatic N) is 2. The number of amides is 2. The van der Waals surface area contributed by atoms with Gasteiger partial charge in [0.1, 0.15) is 18.3 Å². The summed E-state index contributed by atoms with van der Waals surface area (Å²) in [5, 5.41) is 2.94. The van der Waals surface area contributed by atoms with Gasteiger partial charge in [-0.15, -0.1) is 0 Å². The molecule has 3 rings (SSSR count). The van der Waals surface area contributed by atoms with Crippen molar-refractivity contribution < 1.29 is 22.7 Å². The van der Waals surface area contributed by atoms with E-state index in [2.05, 4.69) is 5.32 Å². The molecule has 0 aliphatic heterocycles. The average molecular weight is 566 g/mol. The van der Waals surface area contributed by atoms with Crippen LogP contribution in [0.2, 0.25) is 0 Å². The molecule has 3 aromatic carbocycles. The number of carbonyl (C=O) groups excluding carboxylic acids is 2. The molecule has 0 fully saturated rings. The second-order valence-electron chi connectivity index (χ2n) is 9.60. The highest BCUT2D eigenvalue weighted by Crippen LogP contribution is 2.27. The third-order valence-electron chi connectivity index (χ3n) is 6.66. The van der Waals surface area contributed by atoms with Crippen LogP contribution in [0, 0.1) is 6.92 Å². The van der Waals surface area contributed by atoms with Crippen molar-refractivity contribution in [3.63, 3.8) is 0 Å². The summed E-state index contributed by atoms with van der Waals surface area (Å²) < 4.78 is 34.2. The van der Waals surface area contributed by atoms with E-state index >= 15 is 0 Å². The lowest BCUT2D eigenvalue weighted by Gasteiger charge is -2.33. The minimum absolute atomic E-state index is 0.0701. The lowest BCUT2D eigenvalue weighted by atomic mass is 10.1. The second-order valence-corrected chi connectivity index (χ2v) is 11.5. The Labute approximate surface area is 238 Å². The second kappa shape index (κ2) is 14.5. The Morgan fingerprint density at radius 3 is 2.15 bits per heavy atom. The van der Waals surface area contributed by atoms with Crippen molar-refractivity contribution in [2.75, 3.05) is 24.5 Å². The highest BCUT2D eigenvalue weighted by molar-refractivity contribution is 7.92. The molecule has 1 unspecified atom stereocenters. The molecule has 0 aliphatic rings. The van der Waals surface area contributed by atoms with Crippen LogP contribution in [0.1, 0.15) is 44.2 Å². The molecule has 8 nitrogen and oxygen atoms in total. The fraction of sp³-hybridized carbons (Fsp3) is 0.355. The fourth-order valence-electron chi connectivity index (χ4n) is 4.32. The first-order valence-corrected chi connectivity index (χ1v) is 15.0. The number of hydrogen-bond donors (Lipinski definition) is 1. The van der Waals surface area contributed by atoms with Gasteiger partial charge in [0.2, 0.25) is 11.8 Å². The van der Waals surface area contributed by atoms with Crippen molar-refractivity contribution in [3.05, 3.63) is 90.0 Å². The number of rotatable bonds is 14. The first kappa shape index (κ1) is 30.7. The molecule has 40 heavy (non-hydrogen) atoms. The molecule has 0 saturated carbocycles. The van der Waals surface area contributed by atoms with Gasteiger partial charge in [-0.05, 0) is 61.7 Å². The molecule has 1 N–H and O–H groups in total. The van der Waals surface area contributed by atoms with Crippen molar-refractivity contribution in [2.45, 2.75) is 57.5 Å². The van der Waals surface area contributed by atoms with Crippen molar-refractivity contribution in [3.8, 4) is 5.75 Å². The van der Waals surface area contributed by atoms with Crippen molar-refractivity contribution in [1.82, 2.24) is 10.2 Å². The fourth-order valence-corrected chi connectivity index (χ4v) is 5.73. The van der Waals surface area contributed by atoms with Gasteiger partial charge >= 0.3 is 0 Å². The van der Waals surface area contributed by atoms with E-state index in [1.54, 1.807) is 36.4 Å². The van der Waals surface area contributed by atoms with Crippen LogP contribution in [-0.2, 0) is 26.2 Å². The highest BCUT2D eigenvalue weighted by Gasteiger charge is 2.33. The van der Waals surface area contributed by atoms with Crippen LogP contribution in [0.15, 0.2) is 83.8 Å². The number of ether oxygens (including phenoxy) is 1. The lowest BCUT2D eigenvalue weighted by molar-refractivity contribution is -0.140. The van der Waals surface area contributed by atoms with Gasteiger partial charge in [0.05, 0.1) is 17.7 Å². The number of unbranched alkanes of at least 4 members (excludes halogenated alkanes) is 1. The summed E-state index contributed by atoms with van der Waals surface area (Å²) in [4.78, 5) is 28.8. The minimum atomic E-state index is -4.12. The van der Waals surface area contributed by atoms with Crippen LogP contribution < -0.4 is 14.4 Å². The van der Waals surface area contributed by atoms with E-state index in [9.17, 15) is 18.0 Å². The van der Waals surface area contributed by atoms with Crippen molar-refractivity contribution in [2.24, 2.45) is 0 Å². The van der Waals surface area contributed by atoms with Crippen LogP contribution >= 0.6 is 0 Å². The zero-order chi connectivity index (χ0) is 29.1. The molecule has 0 aromatic heterocycles. The van der Waals surface area contributed by atoms with Crippen LogP contribution in [0.3, 0.4) is 0 Å². The van der Waals surface area contributed by atoms with E-state index in [4.69, 9.17) is 4.74 Å². The monoisotopic (exact) mass is 565 g/mol. The number of methoxy groups -OCH3 is 1. The van der Waals surface area contributed by atoms with Crippen LogP contribution in [0.25, 0.3) is 0 Å². The van der Waals surface area contributed by atoms with Gasteiger partial charge in [-0.3, -0.25) is 13.9 Å². The van der Waals surface area contributed by atoms with Gasteiger partial charge in [0, 0.05) is 13.1 Å². The van der Waals surface area contributed by atoms with E-state index in [0.29, 0.717) is 24.4 Å². The number of carbonyl (C=O) groups is 2. The summed E-state index contributed by atoms with van der Waals surface area (Å²) in [7, 11) is -2.59. The molecule has 0 radical (unpaired) electrons. The number of aryl methyl sites for hydroxylation is 1. The Morgan fingerprint density at radius 1 is 0.925 bits per heavy atom. The molecule has 0 spiro atoms. The molecule has 2 amide bonds. The van der Waals surface area contributed by atoms with E-state index in [1.807, 2.05) is 51.1 Å². The average Bonchev–Trinajstić information content (AvgIpc) is 2.96. The summed E-state index contributed by atoms with van der Waals surface area (Å²) in [6.45, 7) is 5.96. The zero-order valence-electron chi connectivity index (χ0n) is 23.7. The molecular weight excluding hydrogens is 526 g/mol. The molecule has 0 heterocycles. The Kier molecular flexibility index (Phi) is 11.1. The Hall–Kier alpha value is -3.85. The van der Waals surface area contributed by atoms with Crippen LogP contribution in [-0.4, -0.2) is 51.4 Å².